The van der Waals surface area contributed by atoms with Gasteiger partial charge in [-0.3, -0.25) is 14.5 Å². The van der Waals surface area contributed by atoms with Crippen molar-refractivity contribution in [3.8, 4) is 5.75 Å². The van der Waals surface area contributed by atoms with Crippen molar-refractivity contribution in [3.05, 3.63) is 29.3 Å². The third-order valence-electron chi connectivity index (χ3n) is 6.44. The first-order valence-corrected chi connectivity index (χ1v) is 11.1. The molecule has 0 aliphatic carbocycles. The van der Waals surface area contributed by atoms with Crippen LogP contribution in [-0.2, 0) is 11.3 Å². The fourth-order valence-electron chi connectivity index (χ4n) is 4.43. The van der Waals surface area contributed by atoms with E-state index in [1.165, 1.54) is 19.3 Å². The Balaban J connectivity index is 1.56. The van der Waals surface area contributed by atoms with Gasteiger partial charge in [-0.2, -0.15) is 0 Å². The van der Waals surface area contributed by atoms with Gasteiger partial charge in [0.1, 0.15) is 5.75 Å². The quantitative estimate of drug-likeness (QED) is 0.701. The maximum atomic E-state index is 13.0. The number of amides is 2. The third kappa shape index (κ3) is 5.95. The lowest BCUT2D eigenvalue weighted by Crippen LogP contribution is -2.38. The van der Waals surface area contributed by atoms with Gasteiger partial charge in [-0.1, -0.05) is 12.5 Å². The Morgan fingerprint density at radius 2 is 1.80 bits per heavy atom. The Morgan fingerprint density at radius 3 is 2.43 bits per heavy atom. The summed E-state index contributed by atoms with van der Waals surface area (Å²) in [7, 11) is 3.48. The summed E-state index contributed by atoms with van der Waals surface area (Å²) < 4.78 is 5.55. The molecule has 2 amide bonds. The number of hydrogen-bond acceptors (Lipinski definition) is 5. The number of methoxy groups -OCH3 is 1. The normalized spacial score (nSPS) is 18.9. The maximum Gasteiger partial charge on any atom is 0.257 e. The Morgan fingerprint density at radius 1 is 1.10 bits per heavy atom. The second-order valence-corrected chi connectivity index (χ2v) is 8.62. The van der Waals surface area contributed by atoms with E-state index in [2.05, 4.69) is 9.80 Å². The van der Waals surface area contributed by atoms with Gasteiger partial charge < -0.3 is 20.3 Å². The number of carbonyl (C=O) groups excluding carboxylic acids is 2. The summed E-state index contributed by atoms with van der Waals surface area (Å²) in [6.07, 6.45) is 5.45. The van der Waals surface area contributed by atoms with Gasteiger partial charge in [0.05, 0.1) is 12.7 Å². The molecule has 7 heteroatoms. The van der Waals surface area contributed by atoms with Crippen LogP contribution in [-0.4, -0.2) is 79.9 Å². The number of benzene rings is 1. The van der Waals surface area contributed by atoms with Crippen LogP contribution in [0.1, 0.15) is 48.0 Å². The largest absolute Gasteiger partial charge is 0.496 e. The molecule has 1 aromatic carbocycles. The highest BCUT2D eigenvalue weighted by Crippen LogP contribution is 2.24. The molecule has 2 aliphatic heterocycles. The van der Waals surface area contributed by atoms with Gasteiger partial charge in [-0.05, 0) is 69.6 Å². The molecule has 0 aromatic heterocycles. The van der Waals surface area contributed by atoms with Crippen LogP contribution in [0.4, 0.5) is 0 Å². The van der Waals surface area contributed by atoms with E-state index in [9.17, 15) is 9.59 Å². The summed E-state index contributed by atoms with van der Waals surface area (Å²) in [6.45, 7) is 6.41. The van der Waals surface area contributed by atoms with Crippen LogP contribution in [0, 0.1) is 5.92 Å². The van der Waals surface area contributed by atoms with Crippen LogP contribution >= 0.6 is 0 Å². The molecule has 0 unspecified atom stereocenters. The van der Waals surface area contributed by atoms with Gasteiger partial charge in [0.15, 0.2) is 0 Å². The van der Waals surface area contributed by atoms with Gasteiger partial charge in [0, 0.05) is 32.6 Å². The SMILES string of the molecule is COc1cc(CN2CCC(C(N)=O)CC2)ccc1C(=O)N(C)CCN1CCCCC1. The Labute approximate surface area is 180 Å². The smallest absolute Gasteiger partial charge is 0.257 e. The highest BCUT2D eigenvalue weighted by Gasteiger charge is 2.24. The molecule has 0 atom stereocenters. The van der Waals surface area contributed by atoms with E-state index in [0.717, 1.165) is 64.2 Å². The van der Waals surface area contributed by atoms with Gasteiger partial charge in [-0.25, -0.2) is 0 Å². The molecule has 0 radical (unpaired) electrons. The molecule has 2 aliphatic rings. The van der Waals surface area contributed by atoms with E-state index >= 15 is 0 Å². The number of piperidine rings is 2. The van der Waals surface area contributed by atoms with E-state index in [-0.39, 0.29) is 17.7 Å². The number of likely N-dealkylation sites (tertiary alicyclic amines) is 2. The monoisotopic (exact) mass is 416 g/mol. The molecule has 2 saturated heterocycles. The number of rotatable bonds is 8. The van der Waals surface area contributed by atoms with Crippen molar-refractivity contribution >= 4 is 11.8 Å². The summed E-state index contributed by atoms with van der Waals surface area (Å²) in [6, 6.07) is 5.85. The number of likely N-dealkylation sites (N-methyl/N-ethyl adjacent to an activating group) is 1. The predicted octanol–water partition coefficient (Wildman–Crippen LogP) is 1.95. The summed E-state index contributed by atoms with van der Waals surface area (Å²) in [4.78, 5) is 30.9. The van der Waals surface area contributed by atoms with E-state index in [0.29, 0.717) is 11.3 Å². The van der Waals surface area contributed by atoms with Gasteiger partial charge in [0.2, 0.25) is 5.91 Å². The standard InChI is InChI=1S/C23H36N4O3/c1-25(14-15-26-10-4-3-5-11-26)23(29)20-7-6-18(16-21(20)30-2)17-27-12-8-19(9-13-27)22(24)28/h6-7,16,19H,3-5,8-15,17H2,1-2H3,(H2,24,28). The average Bonchev–Trinajstić information content (AvgIpc) is 2.78. The molecule has 7 nitrogen and oxygen atoms in total. The minimum atomic E-state index is -0.191. The first kappa shape index (κ1) is 22.6. The lowest BCUT2D eigenvalue weighted by molar-refractivity contribution is -0.123. The molecule has 0 saturated carbocycles. The first-order valence-electron chi connectivity index (χ1n) is 11.1. The molecule has 2 N–H and O–H groups in total. The number of primary amides is 1. The fourth-order valence-corrected chi connectivity index (χ4v) is 4.43. The van der Waals surface area contributed by atoms with Crippen molar-refractivity contribution in [1.82, 2.24) is 14.7 Å². The van der Waals surface area contributed by atoms with E-state index in [4.69, 9.17) is 10.5 Å². The highest BCUT2D eigenvalue weighted by atomic mass is 16.5. The van der Waals surface area contributed by atoms with Crippen LogP contribution in [0.15, 0.2) is 18.2 Å². The third-order valence-corrected chi connectivity index (χ3v) is 6.44. The van der Waals surface area contributed by atoms with Crippen LogP contribution < -0.4 is 10.5 Å². The minimum Gasteiger partial charge on any atom is -0.496 e. The Bertz CT molecular complexity index is 725. The van der Waals surface area contributed by atoms with Crippen molar-refractivity contribution in [2.24, 2.45) is 11.7 Å². The van der Waals surface area contributed by atoms with Gasteiger partial charge in [0.25, 0.3) is 5.91 Å². The van der Waals surface area contributed by atoms with E-state index in [1.807, 2.05) is 25.2 Å². The van der Waals surface area contributed by atoms with Crippen molar-refractivity contribution in [2.45, 2.75) is 38.6 Å². The lowest BCUT2D eigenvalue weighted by atomic mass is 9.96. The summed E-state index contributed by atoms with van der Waals surface area (Å²) in [5.74, 6) is 0.423. The van der Waals surface area contributed by atoms with E-state index in [1.54, 1.807) is 12.0 Å². The zero-order valence-electron chi connectivity index (χ0n) is 18.4. The average molecular weight is 417 g/mol. The molecule has 0 spiro atoms. The highest BCUT2D eigenvalue weighted by molar-refractivity contribution is 5.96. The Hall–Kier alpha value is -2.12. The number of nitrogens with two attached hydrogens (primary N) is 1. The molecule has 2 heterocycles. The molecule has 166 valence electrons. The van der Waals surface area contributed by atoms with Crippen molar-refractivity contribution < 1.29 is 14.3 Å². The topological polar surface area (TPSA) is 79.1 Å². The van der Waals surface area contributed by atoms with Crippen LogP contribution in [0.2, 0.25) is 0 Å². The number of hydrogen-bond donors (Lipinski definition) is 1. The first-order chi connectivity index (χ1) is 14.5. The van der Waals surface area contributed by atoms with Crippen molar-refractivity contribution in [1.29, 1.82) is 0 Å². The molecule has 1 aromatic rings. The summed E-state index contributed by atoms with van der Waals surface area (Å²) in [5.41, 5.74) is 7.14. The summed E-state index contributed by atoms with van der Waals surface area (Å²) >= 11 is 0. The summed E-state index contributed by atoms with van der Waals surface area (Å²) in [5, 5.41) is 0. The zero-order chi connectivity index (χ0) is 21.5. The van der Waals surface area contributed by atoms with E-state index < -0.39 is 0 Å². The number of carbonyl (C=O) groups is 2. The van der Waals surface area contributed by atoms with Gasteiger partial charge in [-0.15, -0.1) is 0 Å². The molecule has 3 rings (SSSR count). The number of nitrogens with zero attached hydrogens (tertiary/aromatic N) is 3. The van der Waals surface area contributed by atoms with Crippen LogP contribution in [0.3, 0.4) is 0 Å². The van der Waals surface area contributed by atoms with Gasteiger partial charge >= 0.3 is 0 Å². The van der Waals surface area contributed by atoms with Crippen LogP contribution in [0.5, 0.6) is 5.75 Å². The zero-order valence-corrected chi connectivity index (χ0v) is 18.4. The van der Waals surface area contributed by atoms with Crippen molar-refractivity contribution in [3.63, 3.8) is 0 Å². The predicted molar refractivity (Wildman–Crippen MR) is 117 cm³/mol. The molecular formula is C23H36N4O3. The molecule has 0 bridgehead atoms. The second kappa shape index (κ2) is 10.8. The molecular weight excluding hydrogens is 380 g/mol. The minimum absolute atomic E-state index is 0.00215. The van der Waals surface area contributed by atoms with Crippen LogP contribution in [0.25, 0.3) is 0 Å². The fraction of sp³-hybridized carbons (Fsp3) is 0.652. The number of ether oxygens (including phenoxy) is 1. The Kier molecular flexibility index (Phi) is 8.10. The second-order valence-electron chi connectivity index (χ2n) is 8.62. The molecule has 2 fully saturated rings. The molecule has 30 heavy (non-hydrogen) atoms. The maximum absolute atomic E-state index is 13.0. The van der Waals surface area contributed by atoms with Crippen molar-refractivity contribution in [2.75, 3.05) is 53.4 Å². The lowest BCUT2D eigenvalue weighted by Gasteiger charge is -2.30.